The first kappa shape index (κ1) is 11.6. The van der Waals surface area contributed by atoms with Crippen LogP contribution in [-0.4, -0.2) is 32.7 Å². The number of hydrogen-bond acceptors (Lipinski definition) is 4. The van der Waals surface area contributed by atoms with E-state index in [0.717, 1.165) is 17.2 Å². The SMILES string of the molecule is COCn1c(-n2cncn2)c(C=O)c2ccccc21. The summed E-state index contributed by atoms with van der Waals surface area (Å²) >= 11 is 0. The average molecular weight is 256 g/mol. The molecule has 1 aromatic carbocycles. The summed E-state index contributed by atoms with van der Waals surface area (Å²) in [5, 5.41) is 4.98. The lowest BCUT2D eigenvalue weighted by Gasteiger charge is -2.09. The number of aromatic nitrogens is 4. The second-order valence-corrected chi connectivity index (χ2v) is 4.06. The van der Waals surface area contributed by atoms with Crippen molar-refractivity contribution in [2.45, 2.75) is 6.73 Å². The number of aldehydes is 1. The van der Waals surface area contributed by atoms with Crippen LogP contribution in [-0.2, 0) is 11.5 Å². The highest BCUT2D eigenvalue weighted by molar-refractivity contribution is 6.01. The van der Waals surface area contributed by atoms with Crippen LogP contribution in [0.5, 0.6) is 0 Å². The molecule has 6 heteroatoms. The zero-order chi connectivity index (χ0) is 13.2. The molecule has 6 nitrogen and oxygen atoms in total. The maximum Gasteiger partial charge on any atom is 0.154 e. The number of carbonyl (C=O) groups is 1. The van der Waals surface area contributed by atoms with Gasteiger partial charge in [0, 0.05) is 12.5 Å². The van der Waals surface area contributed by atoms with Gasteiger partial charge in [-0.05, 0) is 6.07 Å². The van der Waals surface area contributed by atoms with E-state index >= 15 is 0 Å². The van der Waals surface area contributed by atoms with E-state index in [4.69, 9.17) is 4.74 Å². The van der Waals surface area contributed by atoms with Gasteiger partial charge in [-0.25, -0.2) is 9.67 Å². The van der Waals surface area contributed by atoms with Crippen molar-refractivity contribution in [3.05, 3.63) is 42.5 Å². The van der Waals surface area contributed by atoms with Gasteiger partial charge < -0.3 is 9.30 Å². The molecule has 0 amide bonds. The molecule has 0 saturated heterocycles. The summed E-state index contributed by atoms with van der Waals surface area (Å²) in [6.07, 6.45) is 3.84. The lowest BCUT2D eigenvalue weighted by Crippen LogP contribution is -2.09. The van der Waals surface area contributed by atoms with Crippen molar-refractivity contribution in [3.63, 3.8) is 0 Å². The quantitative estimate of drug-likeness (QED) is 0.666. The highest BCUT2D eigenvalue weighted by Crippen LogP contribution is 2.27. The molecule has 3 aromatic rings. The number of hydrogen-bond donors (Lipinski definition) is 0. The van der Waals surface area contributed by atoms with Crippen LogP contribution in [0.25, 0.3) is 16.7 Å². The van der Waals surface area contributed by atoms with Gasteiger partial charge in [0.05, 0.1) is 11.1 Å². The number of methoxy groups -OCH3 is 1. The number of nitrogens with zero attached hydrogens (tertiary/aromatic N) is 4. The summed E-state index contributed by atoms with van der Waals surface area (Å²) in [6, 6.07) is 7.68. The van der Waals surface area contributed by atoms with Crippen molar-refractivity contribution in [3.8, 4) is 5.82 Å². The summed E-state index contributed by atoms with van der Waals surface area (Å²) in [6.45, 7) is 0.337. The van der Waals surface area contributed by atoms with Crippen LogP contribution in [0.2, 0.25) is 0 Å². The molecule has 2 aromatic heterocycles. The molecule has 0 N–H and O–H groups in total. The third-order valence-electron chi connectivity index (χ3n) is 2.99. The molecule has 19 heavy (non-hydrogen) atoms. The summed E-state index contributed by atoms with van der Waals surface area (Å²) < 4.78 is 8.69. The molecule has 3 rings (SSSR count). The van der Waals surface area contributed by atoms with E-state index in [1.165, 1.54) is 6.33 Å². The van der Waals surface area contributed by atoms with Gasteiger partial charge in [-0.2, -0.15) is 5.10 Å². The number of carbonyl (C=O) groups excluding carboxylic acids is 1. The minimum Gasteiger partial charge on any atom is -0.364 e. The van der Waals surface area contributed by atoms with E-state index in [1.54, 1.807) is 18.1 Å². The Morgan fingerprint density at radius 2 is 2.21 bits per heavy atom. The van der Waals surface area contributed by atoms with E-state index in [1.807, 2.05) is 28.8 Å². The minimum atomic E-state index is 0.337. The molecule has 0 spiro atoms. The molecule has 0 radical (unpaired) electrons. The topological polar surface area (TPSA) is 61.9 Å². The van der Waals surface area contributed by atoms with Crippen LogP contribution < -0.4 is 0 Å². The predicted octanol–water partition coefficient (Wildman–Crippen LogP) is 1.64. The van der Waals surface area contributed by atoms with Crippen molar-refractivity contribution in [1.29, 1.82) is 0 Å². The minimum absolute atomic E-state index is 0.337. The van der Waals surface area contributed by atoms with E-state index in [0.29, 0.717) is 18.1 Å². The zero-order valence-electron chi connectivity index (χ0n) is 10.4. The second kappa shape index (κ2) is 4.66. The van der Waals surface area contributed by atoms with Gasteiger partial charge in [0.15, 0.2) is 6.29 Å². The summed E-state index contributed by atoms with van der Waals surface area (Å²) in [7, 11) is 1.61. The normalized spacial score (nSPS) is 11.0. The molecule has 0 bridgehead atoms. The van der Waals surface area contributed by atoms with Gasteiger partial charge >= 0.3 is 0 Å². The highest BCUT2D eigenvalue weighted by atomic mass is 16.5. The lowest BCUT2D eigenvalue weighted by atomic mass is 10.2. The Hall–Kier alpha value is -2.47. The molecular formula is C13H12N4O2. The molecule has 0 atom stereocenters. The Balaban J connectivity index is 2.40. The summed E-state index contributed by atoms with van der Waals surface area (Å²) in [5.74, 6) is 0.663. The van der Waals surface area contributed by atoms with E-state index in [-0.39, 0.29) is 0 Å². The molecule has 0 fully saturated rings. The third-order valence-corrected chi connectivity index (χ3v) is 2.99. The Morgan fingerprint density at radius 1 is 1.37 bits per heavy atom. The highest BCUT2D eigenvalue weighted by Gasteiger charge is 2.18. The van der Waals surface area contributed by atoms with Crippen molar-refractivity contribution in [1.82, 2.24) is 19.3 Å². The van der Waals surface area contributed by atoms with Crippen molar-refractivity contribution < 1.29 is 9.53 Å². The van der Waals surface area contributed by atoms with Gasteiger partial charge in [-0.3, -0.25) is 4.79 Å². The fraction of sp³-hybridized carbons (Fsp3) is 0.154. The van der Waals surface area contributed by atoms with Crippen LogP contribution in [0.1, 0.15) is 10.4 Å². The van der Waals surface area contributed by atoms with Crippen LogP contribution in [0.15, 0.2) is 36.9 Å². The van der Waals surface area contributed by atoms with Gasteiger partial charge in [0.25, 0.3) is 0 Å². The molecule has 0 saturated carbocycles. The molecular weight excluding hydrogens is 244 g/mol. The Morgan fingerprint density at radius 3 is 2.89 bits per heavy atom. The Labute approximate surface area is 109 Å². The van der Waals surface area contributed by atoms with Gasteiger partial charge in [0.1, 0.15) is 25.2 Å². The van der Waals surface area contributed by atoms with E-state index in [2.05, 4.69) is 10.1 Å². The second-order valence-electron chi connectivity index (χ2n) is 4.06. The standard InChI is InChI=1S/C13H12N4O2/c1-19-9-16-12-5-3-2-4-10(12)11(6-18)13(16)17-8-14-7-15-17/h2-8H,9H2,1H3. The largest absolute Gasteiger partial charge is 0.364 e. The van der Waals surface area contributed by atoms with E-state index < -0.39 is 0 Å². The van der Waals surface area contributed by atoms with Crippen molar-refractivity contribution in [2.75, 3.05) is 7.11 Å². The summed E-state index contributed by atoms with van der Waals surface area (Å²) in [5.41, 5.74) is 1.51. The van der Waals surface area contributed by atoms with Gasteiger partial charge in [-0.15, -0.1) is 0 Å². The Kier molecular flexibility index (Phi) is 2.85. The first-order chi connectivity index (χ1) is 9.36. The molecule has 96 valence electrons. The van der Waals surface area contributed by atoms with Crippen molar-refractivity contribution in [2.24, 2.45) is 0 Å². The summed E-state index contributed by atoms with van der Waals surface area (Å²) in [4.78, 5) is 15.4. The molecule has 0 aliphatic rings. The van der Waals surface area contributed by atoms with Crippen molar-refractivity contribution >= 4 is 17.2 Å². The number of benzene rings is 1. The van der Waals surface area contributed by atoms with Crippen LogP contribution in [0.3, 0.4) is 0 Å². The fourth-order valence-electron chi connectivity index (χ4n) is 2.26. The maximum absolute atomic E-state index is 11.4. The molecule has 0 aliphatic heterocycles. The predicted molar refractivity (Wildman–Crippen MR) is 69.3 cm³/mol. The monoisotopic (exact) mass is 256 g/mol. The third kappa shape index (κ3) is 1.73. The Bertz CT molecular complexity index is 716. The van der Waals surface area contributed by atoms with Crippen LogP contribution in [0, 0.1) is 0 Å². The zero-order valence-corrected chi connectivity index (χ0v) is 10.4. The van der Waals surface area contributed by atoms with Crippen LogP contribution in [0.4, 0.5) is 0 Å². The number of rotatable bonds is 4. The van der Waals surface area contributed by atoms with Gasteiger partial charge in [0.2, 0.25) is 0 Å². The van der Waals surface area contributed by atoms with Gasteiger partial charge in [-0.1, -0.05) is 18.2 Å². The first-order valence-electron chi connectivity index (χ1n) is 5.77. The lowest BCUT2D eigenvalue weighted by molar-refractivity contribution is 0.112. The van der Waals surface area contributed by atoms with E-state index in [9.17, 15) is 4.79 Å². The molecule has 0 unspecified atom stereocenters. The van der Waals surface area contributed by atoms with Crippen LogP contribution >= 0.6 is 0 Å². The maximum atomic E-state index is 11.4. The fourth-order valence-corrected chi connectivity index (χ4v) is 2.26. The smallest absolute Gasteiger partial charge is 0.154 e. The molecule has 2 heterocycles. The number of ether oxygens (including phenoxy) is 1. The molecule has 0 aliphatic carbocycles. The first-order valence-corrected chi connectivity index (χ1v) is 5.77. The average Bonchev–Trinajstić information content (AvgIpc) is 3.05. The number of para-hydroxylation sites is 1. The number of fused-ring (bicyclic) bond motifs is 1.